The van der Waals surface area contributed by atoms with Crippen LogP contribution in [-0.2, 0) is 14.8 Å². The van der Waals surface area contributed by atoms with Gasteiger partial charge in [0, 0.05) is 25.4 Å². The number of sulfonamides is 1. The third-order valence-corrected chi connectivity index (χ3v) is 7.14. The summed E-state index contributed by atoms with van der Waals surface area (Å²) in [5.74, 6) is 0.0452. The number of aromatic nitrogens is 2. The lowest BCUT2D eigenvalue weighted by Crippen LogP contribution is -2.35. The van der Waals surface area contributed by atoms with Crippen LogP contribution in [0.1, 0.15) is 31.9 Å². The first-order valence-electron chi connectivity index (χ1n) is 8.73. The summed E-state index contributed by atoms with van der Waals surface area (Å²) in [6.07, 6.45) is 4.19. The van der Waals surface area contributed by atoms with Crippen molar-refractivity contribution in [2.24, 2.45) is 0 Å². The quantitative estimate of drug-likeness (QED) is 0.730. The van der Waals surface area contributed by atoms with Crippen LogP contribution in [0.15, 0.2) is 38.8 Å². The molecular weight excluding hydrogens is 388 g/mol. The van der Waals surface area contributed by atoms with Gasteiger partial charge in [-0.1, -0.05) is 23.3 Å². The number of anilines is 1. The Balaban J connectivity index is 1.62. The Hall–Kier alpha value is -1.91. The third-order valence-electron chi connectivity index (χ3n) is 4.20. The Kier molecular flexibility index (Phi) is 6.18. The fraction of sp³-hybridized carbons (Fsp3) is 0.471. The van der Waals surface area contributed by atoms with Crippen LogP contribution in [-0.4, -0.2) is 47.1 Å². The normalized spacial score (nSPS) is 16.8. The Labute approximate surface area is 162 Å². The lowest BCUT2D eigenvalue weighted by molar-refractivity contribution is -0.115. The van der Waals surface area contributed by atoms with Gasteiger partial charge in [-0.15, -0.1) is 0 Å². The van der Waals surface area contributed by atoms with Crippen molar-refractivity contribution in [3.05, 3.63) is 30.1 Å². The van der Waals surface area contributed by atoms with E-state index in [0.29, 0.717) is 29.7 Å². The number of thioether (sulfide) groups is 1. The van der Waals surface area contributed by atoms with Gasteiger partial charge in [-0.3, -0.25) is 10.1 Å². The van der Waals surface area contributed by atoms with Crippen molar-refractivity contribution < 1.29 is 17.7 Å². The molecule has 1 fully saturated rings. The zero-order valence-corrected chi connectivity index (χ0v) is 16.8. The first kappa shape index (κ1) is 19.8. The van der Waals surface area contributed by atoms with E-state index in [4.69, 9.17) is 4.52 Å². The number of nitrogens with zero attached hydrogens (tertiary/aromatic N) is 3. The molecule has 1 amide bonds. The van der Waals surface area contributed by atoms with Gasteiger partial charge in [0.25, 0.3) is 0 Å². The minimum absolute atomic E-state index is 0.183. The van der Waals surface area contributed by atoms with Crippen molar-refractivity contribution in [3.8, 4) is 0 Å². The Morgan fingerprint density at radius 2 is 2.04 bits per heavy atom. The lowest BCUT2D eigenvalue weighted by atomic mass is 10.2. The van der Waals surface area contributed by atoms with E-state index in [9.17, 15) is 13.2 Å². The summed E-state index contributed by atoms with van der Waals surface area (Å²) in [6, 6.07) is 4.81. The van der Waals surface area contributed by atoms with Gasteiger partial charge in [0.1, 0.15) is 4.90 Å². The average Bonchev–Trinajstić information content (AvgIpc) is 3.07. The molecule has 2 aromatic rings. The van der Waals surface area contributed by atoms with E-state index in [1.54, 1.807) is 32.0 Å². The van der Waals surface area contributed by atoms with Gasteiger partial charge >= 0.3 is 0 Å². The summed E-state index contributed by atoms with van der Waals surface area (Å²) in [7, 11) is -3.50. The van der Waals surface area contributed by atoms with E-state index in [0.717, 1.165) is 19.3 Å². The van der Waals surface area contributed by atoms with E-state index in [-0.39, 0.29) is 10.8 Å². The first-order chi connectivity index (χ1) is 12.9. The second kappa shape index (κ2) is 8.41. The van der Waals surface area contributed by atoms with Crippen molar-refractivity contribution >= 4 is 33.6 Å². The molecule has 1 atom stereocenters. The van der Waals surface area contributed by atoms with Crippen LogP contribution in [0.4, 0.5) is 5.88 Å². The molecule has 1 aliphatic rings. The summed E-state index contributed by atoms with van der Waals surface area (Å²) in [5, 5.41) is 6.49. The number of hydrogen-bond acceptors (Lipinski definition) is 7. The van der Waals surface area contributed by atoms with Crippen molar-refractivity contribution in [2.75, 3.05) is 18.4 Å². The number of hydrogen-bond donors (Lipinski definition) is 1. The second-order valence-electron chi connectivity index (χ2n) is 6.38. The van der Waals surface area contributed by atoms with E-state index in [1.165, 1.54) is 22.3 Å². The summed E-state index contributed by atoms with van der Waals surface area (Å²) in [5.41, 5.74) is 0.678. The second-order valence-corrected chi connectivity index (χ2v) is 9.68. The zero-order chi connectivity index (χ0) is 19.4. The fourth-order valence-corrected chi connectivity index (χ4v) is 4.97. The predicted octanol–water partition coefficient (Wildman–Crippen LogP) is 2.67. The van der Waals surface area contributed by atoms with Gasteiger partial charge < -0.3 is 4.52 Å². The van der Waals surface area contributed by atoms with Gasteiger partial charge in [0.2, 0.25) is 21.8 Å². The molecular formula is C17H22N4O4S2. The van der Waals surface area contributed by atoms with Crippen LogP contribution in [0.25, 0.3) is 0 Å². The van der Waals surface area contributed by atoms with Crippen molar-refractivity contribution in [3.63, 3.8) is 0 Å². The molecule has 0 saturated carbocycles. The number of pyridine rings is 1. The van der Waals surface area contributed by atoms with Crippen LogP contribution in [0.3, 0.4) is 0 Å². The zero-order valence-electron chi connectivity index (χ0n) is 15.2. The molecule has 8 nitrogen and oxygen atoms in total. The Bertz CT molecular complexity index is 890. The largest absolute Gasteiger partial charge is 0.338 e. The highest BCUT2D eigenvalue weighted by Gasteiger charge is 2.26. The van der Waals surface area contributed by atoms with Gasteiger partial charge in [-0.05, 0) is 38.8 Å². The van der Waals surface area contributed by atoms with E-state index in [1.807, 2.05) is 0 Å². The number of amides is 1. The molecule has 3 rings (SSSR count). The number of aryl methyl sites for hydroxylation is 1. The van der Waals surface area contributed by atoms with Gasteiger partial charge in [-0.2, -0.15) is 4.31 Å². The molecule has 0 bridgehead atoms. The molecule has 0 radical (unpaired) electrons. The van der Waals surface area contributed by atoms with Crippen molar-refractivity contribution in [2.45, 2.75) is 48.3 Å². The fourth-order valence-electron chi connectivity index (χ4n) is 2.72. The standard InChI is InChI=1S/C17H22N4O4S2/c1-12-10-15(25-20-12)19-17(22)13(2)26-16-7-6-14(11-18-16)27(23,24)21-8-4-3-5-9-21/h6-7,10-11,13H,3-5,8-9H2,1-2H3,(H,19,22). The molecule has 2 aromatic heterocycles. The molecule has 3 heterocycles. The van der Waals surface area contributed by atoms with E-state index >= 15 is 0 Å². The van der Waals surface area contributed by atoms with Crippen molar-refractivity contribution in [1.82, 2.24) is 14.4 Å². The maximum Gasteiger partial charge on any atom is 0.244 e. The summed E-state index contributed by atoms with van der Waals surface area (Å²) in [4.78, 5) is 16.6. The molecule has 1 unspecified atom stereocenters. The number of carbonyl (C=O) groups excluding carboxylic acids is 1. The number of nitrogens with one attached hydrogen (secondary N) is 1. The predicted molar refractivity (Wildman–Crippen MR) is 102 cm³/mol. The molecule has 0 spiro atoms. The summed E-state index contributed by atoms with van der Waals surface area (Å²) >= 11 is 1.24. The number of rotatable bonds is 6. The Morgan fingerprint density at radius 1 is 1.30 bits per heavy atom. The highest BCUT2D eigenvalue weighted by molar-refractivity contribution is 8.00. The maximum atomic E-state index is 12.6. The minimum atomic E-state index is -3.50. The molecule has 0 aromatic carbocycles. The summed E-state index contributed by atoms with van der Waals surface area (Å²) < 4.78 is 31.7. The minimum Gasteiger partial charge on any atom is -0.338 e. The maximum absolute atomic E-state index is 12.6. The van der Waals surface area contributed by atoms with Crippen molar-refractivity contribution in [1.29, 1.82) is 0 Å². The molecule has 1 saturated heterocycles. The smallest absolute Gasteiger partial charge is 0.244 e. The molecule has 27 heavy (non-hydrogen) atoms. The molecule has 10 heteroatoms. The molecule has 1 aliphatic heterocycles. The van der Waals surface area contributed by atoms with Gasteiger partial charge in [0.15, 0.2) is 0 Å². The summed E-state index contributed by atoms with van der Waals surface area (Å²) in [6.45, 7) is 4.61. The third kappa shape index (κ3) is 4.88. The highest BCUT2D eigenvalue weighted by atomic mass is 32.2. The number of piperidine rings is 1. The van der Waals surface area contributed by atoms with E-state index < -0.39 is 15.3 Å². The highest BCUT2D eigenvalue weighted by Crippen LogP contribution is 2.25. The Morgan fingerprint density at radius 3 is 2.63 bits per heavy atom. The van der Waals surface area contributed by atoms with Crippen LogP contribution in [0.2, 0.25) is 0 Å². The van der Waals surface area contributed by atoms with Crippen LogP contribution in [0.5, 0.6) is 0 Å². The van der Waals surface area contributed by atoms with Crippen LogP contribution < -0.4 is 5.32 Å². The SMILES string of the molecule is Cc1cc(NC(=O)C(C)Sc2ccc(S(=O)(=O)N3CCCCC3)cn2)on1. The molecule has 1 N–H and O–H groups in total. The topological polar surface area (TPSA) is 105 Å². The van der Waals surface area contributed by atoms with Crippen LogP contribution in [0, 0.1) is 6.92 Å². The van der Waals surface area contributed by atoms with Gasteiger partial charge in [0.05, 0.1) is 16.0 Å². The monoisotopic (exact) mass is 410 g/mol. The van der Waals surface area contributed by atoms with Gasteiger partial charge in [-0.25, -0.2) is 13.4 Å². The van der Waals surface area contributed by atoms with Crippen LogP contribution >= 0.6 is 11.8 Å². The molecule has 146 valence electrons. The average molecular weight is 411 g/mol. The first-order valence-corrected chi connectivity index (χ1v) is 11.1. The number of carbonyl (C=O) groups is 1. The lowest BCUT2D eigenvalue weighted by Gasteiger charge is -2.25. The molecule has 0 aliphatic carbocycles. The van der Waals surface area contributed by atoms with E-state index in [2.05, 4.69) is 15.5 Å².